The fourth-order valence-corrected chi connectivity index (χ4v) is 6.47. The number of carbonyl (C=O) groups excluding carboxylic acids is 1. The second kappa shape index (κ2) is 16.1. The van der Waals surface area contributed by atoms with Gasteiger partial charge >= 0.3 is 5.97 Å². The number of hydrogen-bond acceptors (Lipinski definition) is 12. The highest BCUT2D eigenvalue weighted by molar-refractivity contribution is 7.91. The lowest BCUT2D eigenvalue weighted by atomic mass is 9.95. The number of aromatic nitrogens is 4. The summed E-state index contributed by atoms with van der Waals surface area (Å²) >= 11 is 0.906. The van der Waals surface area contributed by atoms with E-state index in [1.165, 1.54) is 35.1 Å². The normalized spacial score (nSPS) is 12.9. The molecule has 3 aromatic carbocycles. The first kappa shape index (κ1) is 35.5. The van der Waals surface area contributed by atoms with E-state index in [0.29, 0.717) is 33.0 Å². The van der Waals surface area contributed by atoms with Crippen LogP contribution in [-0.4, -0.2) is 70.2 Å². The molecule has 17 heteroatoms. The molecule has 0 spiro atoms. The van der Waals surface area contributed by atoms with E-state index < -0.39 is 39.6 Å². The van der Waals surface area contributed by atoms with Crippen molar-refractivity contribution in [2.45, 2.75) is 36.4 Å². The Bertz CT molecular complexity index is 2020. The van der Waals surface area contributed by atoms with Crippen LogP contribution in [-0.2, 0) is 44.0 Å². The molecular weight excluding hydrogens is 682 g/mol. The second-order valence-electron chi connectivity index (χ2n) is 10.9. The molecule has 2 unspecified atom stereocenters. The number of benzene rings is 3. The highest BCUT2D eigenvalue weighted by Crippen LogP contribution is 2.29. The summed E-state index contributed by atoms with van der Waals surface area (Å²) in [5.41, 5.74) is 2.14. The van der Waals surface area contributed by atoms with Gasteiger partial charge in [-0.1, -0.05) is 29.5 Å². The van der Waals surface area contributed by atoms with Crippen LogP contribution >= 0.6 is 11.3 Å². The summed E-state index contributed by atoms with van der Waals surface area (Å²) in [5.74, 6) is -2.34. The Labute approximate surface area is 283 Å². The van der Waals surface area contributed by atoms with Gasteiger partial charge in [0.15, 0.2) is 5.78 Å². The van der Waals surface area contributed by atoms with Crippen LogP contribution in [0.3, 0.4) is 0 Å². The summed E-state index contributed by atoms with van der Waals surface area (Å²) in [6.07, 6.45) is 1.22. The van der Waals surface area contributed by atoms with Gasteiger partial charge in [-0.05, 0) is 53.6 Å². The summed E-state index contributed by atoms with van der Waals surface area (Å²) < 4.78 is 55.5. The number of halogens is 1. The molecule has 0 saturated heterocycles. The van der Waals surface area contributed by atoms with Gasteiger partial charge in [0, 0.05) is 12.8 Å². The van der Waals surface area contributed by atoms with E-state index in [1.54, 1.807) is 42.5 Å². The largest absolute Gasteiger partial charge is 0.491 e. The number of carboxylic acids is 1. The minimum atomic E-state index is -3.95. The first-order valence-corrected chi connectivity index (χ1v) is 17.2. The van der Waals surface area contributed by atoms with Crippen LogP contribution in [0.1, 0.15) is 29.3 Å². The van der Waals surface area contributed by atoms with Gasteiger partial charge in [0.2, 0.25) is 4.34 Å². The number of ether oxygens (including phenoxy) is 3. The van der Waals surface area contributed by atoms with Gasteiger partial charge in [0.1, 0.15) is 42.3 Å². The van der Waals surface area contributed by atoms with E-state index in [0.717, 1.165) is 16.9 Å². The number of hydrogen-bond donors (Lipinski definition) is 3. The van der Waals surface area contributed by atoms with Gasteiger partial charge in [-0.3, -0.25) is 9.59 Å². The Morgan fingerprint density at radius 2 is 1.78 bits per heavy atom. The van der Waals surface area contributed by atoms with Crippen molar-refractivity contribution >= 4 is 43.3 Å². The molecule has 0 saturated carbocycles. The molecule has 5 rings (SSSR count). The van der Waals surface area contributed by atoms with Crippen LogP contribution in [0.15, 0.2) is 77.3 Å². The Morgan fingerprint density at radius 3 is 2.51 bits per heavy atom. The highest BCUT2D eigenvalue weighted by atomic mass is 32.2. The van der Waals surface area contributed by atoms with Crippen molar-refractivity contribution in [2.75, 3.05) is 19.8 Å². The standard InChI is InChI=1S/C32H32FN5O9S2/c33-23-6-4-20(5-7-23)13-28(29(40)14-22(31(41)42)18-45-17-21-2-1-3-25(12-21)46-11-10-39)38-16-24(36-37-38)19-47-26-8-9-27-30(15-26)48-32(35-27)49(34,43)44/h1-9,12,15-16,22,28,39H,10-11,13-14,17-19H2,(H,41,42)(H2,34,43,44). The zero-order chi connectivity index (χ0) is 35.0. The van der Waals surface area contributed by atoms with E-state index in [-0.39, 0.29) is 50.2 Å². The zero-order valence-electron chi connectivity index (χ0n) is 25.8. The Balaban J connectivity index is 1.26. The van der Waals surface area contributed by atoms with E-state index in [9.17, 15) is 27.5 Å². The lowest BCUT2D eigenvalue weighted by Gasteiger charge is -2.19. The maximum absolute atomic E-state index is 13.7. The maximum atomic E-state index is 13.7. The van der Waals surface area contributed by atoms with Gasteiger partial charge in [-0.15, -0.1) is 16.4 Å². The third-order valence-corrected chi connectivity index (χ3v) is 9.54. The van der Waals surface area contributed by atoms with Crippen LogP contribution in [0.2, 0.25) is 0 Å². The molecule has 0 aliphatic carbocycles. The number of primary sulfonamides is 1. The van der Waals surface area contributed by atoms with Crippen molar-refractivity contribution in [2.24, 2.45) is 11.1 Å². The molecule has 4 N–H and O–H groups in total. The number of aliphatic hydroxyl groups excluding tert-OH is 1. The van der Waals surface area contributed by atoms with Crippen molar-refractivity contribution in [1.29, 1.82) is 0 Å². The zero-order valence-corrected chi connectivity index (χ0v) is 27.5. The molecular formula is C32H32FN5O9S2. The number of Topliss-reactive ketones (excluding diaryl/α,β-unsaturated/α-hetero) is 1. The van der Waals surface area contributed by atoms with E-state index >= 15 is 0 Å². The molecule has 5 aromatic rings. The molecule has 0 aliphatic heterocycles. The molecule has 0 amide bonds. The number of ketones is 1. The molecule has 2 atom stereocenters. The Hall–Kier alpha value is -4.81. The molecule has 0 radical (unpaired) electrons. The van der Waals surface area contributed by atoms with Crippen LogP contribution in [0.25, 0.3) is 10.2 Å². The first-order valence-electron chi connectivity index (χ1n) is 14.9. The lowest BCUT2D eigenvalue weighted by Crippen LogP contribution is -2.29. The Kier molecular flexibility index (Phi) is 11.6. The topological polar surface area (TPSA) is 206 Å². The monoisotopic (exact) mass is 713 g/mol. The number of aliphatic carboxylic acids is 1. The molecule has 14 nitrogen and oxygen atoms in total. The van der Waals surface area contributed by atoms with Crippen molar-refractivity contribution in [3.8, 4) is 11.5 Å². The number of thiazole rings is 1. The van der Waals surface area contributed by atoms with Crippen LogP contribution in [0.4, 0.5) is 4.39 Å². The molecule has 2 heterocycles. The number of aliphatic hydroxyl groups is 1. The third-order valence-electron chi connectivity index (χ3n) is 7.20. The number of carboxylic acid groups (broad SMARTS) is 1. The van der Waals surface area contributed by atoms with Gasteiger partial charge in [0.25, 0.3) is 10.0 Å². The van der Waals surface area contributed by atoms with Crippen molar-refractivity contribution in [3.05, 3.63) is 95.6 Å². The van der Waals surface area contributed by atoms with E-state index in [1.807, 2.05) is 0 Å². The number of rotatable bonds is 18. The van der Waals surface area contributed by atoms with Gasteiger partial charge in [0.05, 0.1) is 42.2 Å². The van der Waals surface area contributed by atoms with Gasteiger partial charge < -0.3 is 24.4 Å². The summed E-state index contributed by atoms with van der Waals surface area (Å²) in [4.78, 5) is 29.9. The van der Waals surface area contributed by atoms with Gasteiger partial charge in [-0.25, -0.2) is 27.6 Å². The molecule has 0 aliphatic rings. The average Bonchev–Trinajstić information content (AvgIpc) is 3.73. The number of nitrogens with two attached hydrogens (primary N) is 1. The smallest absolute Gasteiger partial charge is 0.309 e. The quantitative estimate of drug-likeness (QED) is 0.120. The number of sulfonamides is 1. The molecule has 0 bridgehead atoms. The lowest BCUT2D eigenvalue weighted by molar-refractivity contribution is -0.146. The summed E-state index contributed by atoms with van der Waals surface area (Å²) in [6, 6.07) is 16.4. The fourth-order valence-electron chi connectivity index (χ4n) is 4.79. The van der Waals surface area contributed by atoms with Gasteiger partial charge in [-0.2, -0.15) is 0 Å². The van der Waals surface area contributed by atoms with Crippen LogP contribution in [0, 0.1) is 11.7 Å². The molecule has 0 fully saturated rings. The third kappa shape index (κ3) is 9.86. The average molecular weight is 714 g/mol. The van der Waals surface area contributed by atoms with Crippen molar-refractivity contribution < 1.29 is 46.8 Å². The summed E-state index contributed by atoms with van der Waals surface area (Å²) in [6.45, 7) is -0.238. The minimum absolute atomic E-state index is 0.0539. The summed E-state index contributed by atoms with van der Waals surface area (Å²) in [7, 11) is -3.95. The highest BCUT2D eigenvalue weighted by Gasteiger charge is 2.29. The van der Waals surface area contributed by atoms with Crippen LogP contribution < -0.4 is 14.6 Å². The number of nitrogens with zero attached hydrogens (tertiary/aromatic N) is 4. The Morgan fingerprint density at radius 1 is 1.00 bits per heavy atom. The fraction of sp³-hybridized carbons (Fsp3) is 0.281. The maximum Gasteiger partial charge on any atom is 0.309 e. The van der Waals surface area contributed by atoms with Crippen molar-refractivity contribution in [3.63, 3.8) is 0 Å². The molecule has 2 aromatic heterocycles. The first-order chi connectivity index (χ1) is 23.5. The second-order valence-corrected chi connectivity index (χ2v) is 13.7. The van der Waals surface area contributed by atoms with E-state index in [4.69, 9.17) is 24.5 Å². The number of fused-ring (bicyclic) bond motifs is 1. The summed E-state index contributed by atoms with van der Waals surface area (Å²) in [5, 5.41) is 32.3. The predicted molar refractivity (Wildman–Crippen MR) is 174 cm³/mol. The van der Waals surface area contributed by atoms with Crippen LogP contribution in [0.5, 0.6) is 11.5 Å². The SMILES string of the molecule is NS(=O)(=O)c1nc2ccc(OCc3cn(C(Cc4ccc(F)cc4)C(=O)CC(COCc4cccc(OCCO)c4)C(=O)O)nn3)cc2s1. The predicted octanol–water partition coefficient (Wildman–Crippen LogP) is 3.29. The number of carbonyl (C=O) groups is 2. The minimum Gasteiger partial charge on any atom is -0.491 e. The van der Waals surface area contributed by atoms with E-state index in [2.05, 4.69) is 15.3 Å². The molecule has 49 heavy (non-hydrogen) atoms. The van der Waals surface area contributed by atoms with Crippen molar-refractivity contribution in [1.82, 2.24) is 20.0 Å². The molecule has 258 valence electrons.